The van der Waals surface area contributed by atoms with Gasteiger partial charge in [0, 0.05) is 11.7 Å². The minimum absolute atomic E-state index is 0.0604. The van der Waals surface area contributed by atoms with E-state index in [9.17, 15) is 22.8 Å². The van der Waals surface area contributed by atoms with Crippen LogP contribution < -0.4 is 20.3 Å². The predicted molar refractivity (Wildman–Crippen MR) is 102 cm³/mol. The molecule has 1 aliphatic carbocycles. The number of ether oxygens (including phenoxy) is 1. The van der Waals surface area contributed by atoms with Crippen molar-refractivity contribution in [3.63, 3.8) is 0 Å². The molecule has 6 nitrogen and oxygen atoms in total. The van der Waals surface area contributed by atoms with Crippen molar-refractivity contribution in [2.45, 2.75) is 45.5 Å². The van der Waals surface area contributed by atoms with E-state index in [1.54, 1.807) is 7.05 Å². The first-order chi connectivity index (χ1) is 13.5. The Kier molecular flexibility index (Phi) is 7.89. The summed E-state index contributed by atoms with van der Waals surface area (Å²) < 4.78 is 40.3. The van der Waals surface area contributed by atoms with Crippen LogP contribution in [0.15, 0.2) is 24.3 Å². The van der Waals surface area contributed by atoms with Crippen LogP contribution in [0.5, 0.6) is 5.75 Å². The summed E-state index contributed by atoms with van der Waals surface area (Å²) in [6, 6.07) is 5.07. The second-order valence-electron chi connectivity index (χ2n) is 7.87. The Balaban J connectivity index is 1.76. The normalized spacial score (nSPS) is 23.2. The van der Waals surface area contributed by atoms with Crippen molar-refractivity contribution in [2.24, 2.45) is 11.8 Å². The zero-order valence-corrected chi connectivity index (χ0v) is 16.9. The highest BCUT2D eigenvalue weighted by molar-refractivity contribution is 5.91. The SMILES string of the molecule is C[C@@H]1[C@@H](C)CCC[C@H]1NC(=O)C[NH+](C)CC(=O)Nc1ccc(OC(F)(F)F)cc1. The zero-order valence-electron chi connectivity index (χ0n) is 16.9. The van der Waals surface area contributed by atoms with Crippen LogP contribution in [0.2, 0.25) is 0 Å². The number of carbonyl (C=O) groups is 2. The maximum absolute atomic E-state index is 12.3. The van der Waals surface area contributed by atoms with Gasteiger partial charge < -0.3 is 20.3 Å². The van der Waals surface area contributed by atoms with Gasteiger partial charge >= 0.3 is 6.36 Å². The standard InChI is InChI=1S/C20H28F3N3O3/c1-13-5-4-6-17(14(13)2)25-19(28)12-26(3)11-18(27)24-15-7-9-16(10-8-15)29-20(21,22)23/h7-10,13-14,17H,4-6,11-12H2,1-3H3,(H,24,27)(H,25,28)/p+1/t13-,14+,17+/m0/s1. The maximum atomic E-state index is 12.3. The molecule has 29 heavy (non-hydrogen) atoms. The molecular formula is C20H29F3N3O3+. The number of hydrogen-bond acceptors (Lipinski definition) is 3. The number of alkyl halides is 3. The van der Waals surface area contributed by atoms with Crippen molar-refractivity contribution >= 4 is 17.5 Å². The Morgan fingerprint density at radius 2 is 1.72 bits per heavy atom. The quantitative estimate of drug-likeness (QED) is 0.637. The fourth-order valence-electron chi connectivity index (χ4n) is 3.60. The van der Waals surface area contributed by atoms with Gasteiger partial charge in [-0.3, -0.25) is 9.59 Å². The van der Waals surface area contributed by atoms with Crippen molar-refractivity contribution < 1.29 is 32.4 Å². The lowest BCUT2D eigenvalue weighted by atomic mass is 9.78. The third kappa shape index (κ3) is 7.92. The van der Waals surface area contributed by atoms with Crippen LogP contribution in [-0.2, 0) is 9.59 Å². The van der Waals surface area contributed by atoms with Crippen molar-refractivity contribution in [1.82, 2.24) is 5.32 Å². The molecule has 1 aliphatic rings. The number of anilines is 1. The molecule has 1 fully saturated rings. The van der Waals surface area contributed by atoms with Gasteiger partial charge in [-0.15, -0.1) is 13.2 Å². The number of hydrogen-bond donors (Lipinski definition) is 3. The van der Waals surface area contributed by atoms with Gasteiger partial charge in [-0.2, -0.15) is 0 Å². The Bertz CT molecular complexity index is 694. The highest BCUT2D eigenvalue weighted by Crippen LogP contribution is 2.29. The third-order valence-corrected chi connectivity index (χ3v) is 5.35. The van der Waals surface area contributed by atoms with Crippen LogP contribution in [0, 0.1) is 11.8 Å². The second kappa shape index (κ2) is 9.96. The van der Waals surface area contributed by atoms with Crippen LogP contribution in [0.4, 0.5) is 18.9 Å². The molecule has 2 rings (SSSR count). The van der Waals surface area contributed by atoms with Gasteiger partial charge in [0.05, 0.1) is 7.05 Å². The van der Waals surface area contributed by atoms with Crippen LogP contribution >= 0.6 is 0 Å². The molecule has 0 aliphatic heterocycles. The smallest absolute Gasteiger partial charge is 0.406 e. The highest BCUT2D eigenvalue weighted by atomic mass is 19.4. The average Bonchev–Trinajstić information content (AvgIpc) is 2.59. The first-order valence-electron chi connectivity index (χ1n) is 9.80. The number of carbonyl (C=O) groups excluding carboxylic acids is 2. The van der Waals surface area contributed by atoms with Crippen LogP contribution in [0.3, 0.4) is 0 Å². The van der Waals surface area contributed by atoms with E-state index in [2.05, 4.69) is 29.2 Å². The minimum atomic E-state index is -4.76. The molecule has 1 unspecified atom stereocenters. The van der Waals surface area contributed by atoms with E-state index in [-0.39, 0.29) is 36.7 Å². The monoisotopic (exact) mass is 416 g/mol. The van der Waals surface area contributed by atoms with Gasteiger partial charge in [0.15, 0.2) is 13.1 Å². The van der Waals surface area contributed by atoms with E-state index in [0.29, 0.717) is 22.4 Å². The molecule has 1 aromatic rings. The van der Waals surface area contributed by atoms with Gasteiger partial charge in [-0.05, 0) is 42.5 Å². The van der Waals surface area contributed by atoms with Crippen molar-refractivity contribution in [3.05, 3.63) is 24.3 Å². The molecule has 0 aromatic heterocycles. The summed E-state index contributed by atoms with van der Waals surface area (Å²) in [6.45, 7) is 4.59. The summed E-state index contributed by atoms with van der Waals surface area (Å²) in [6.07, 6.45) is -1.49. The van der Waals surface area contributed by atoms with Crippen molar-refractivity contribution in [3.8, 4) is 5.75 Å². The Morgan fingerprint density at radius 1 is 1.10 bits per heavy atom. The molecule has 4 atom stereocenters. The number of nitrogens with one attached hydrogen (secondary N) is 3. The molecule has 0 bridgehead atoms. The van der Waals surface area contributed by atoms with Crippen molar-refractivity contribution in [1.29, 1.82) is 0 Å². The van der Waals surface area contributed by atoms with Crippen LogP contribution in [0.25, 0.3) is 0 Å². The summed E-state index contributed by atoms with van der Waals surface area (Å²) >= 11 is 0. The number of amides is 2. The van der Waals surface area contributed by atoms with Gasteiger partial charge in [0.1, 0.15) is 5.75 Å². The fourth-order valence-corrected chi connectivity index (χ4v) is 3.60. The summed E-state index contributed by atoms with van der Waals surface area (Å²) in [4.78, 5) is 25.1. The molecule has 0 saturated heterocycles. The largest absolute Gasteiger partial charge is 0.573 e. The van der Waals surface area contributed by atoms with Gasteiger partial charge in [0.25, 0.3) is 11.8 Å². The number of halogens is 3. The number of quaternary nitrogens is 1. The third-order valence-electron chi connectivity index (χ3n) is 5.35. The maximum Gasteiger partial charge on any atom is 0.573 e. The molecule has 0 spiro atoms. The molecule has 2 amide bonds. The lowest BCUT2D eigenvalue weighted by molar-refractivity contribution is -0.862. The molecule has 1 saturated carbocycles. The molecule has 0 heterocycles. The predicted octanol–water partition coefficient (Wildman–Crippen LogP) is 1.98. The minimum Gasteiger partial charge on any atom is -0.406 e. The second-order valence-corrected chi connectivity index (χ2v) is 7.87. The van der Waals surface area contributed by atoms with E-state index in [1.165, 1.54) is 18.6 Å². The topological polar surface area (TPSA) is 71.9 Å². The van der Waals surface area contributed by atoms with Crippen LogP contribution in [-0.4, -0.2) is 44.4 Å². The van der Waals surface area contributed by atoms with E-state index < -0.39 is 6.36 Å². The number of rotatable bonds is 7. The highest BCUT2D eigenvalue weighted by Gasteiger charge is 2.31. The first kappa shape index (κ1) is 23.0. The average molecular weight is 416 g/mol. The zero-order chi connectivity index (χ0) is 21.6. The van der Waals surface area contributed by atoms with Gasteiger partial charge in [0.2, 0.25) is 0 Å². The van der Waals surface area contributed by atoms with E-state index >= 15 is 0 Å². The summed E-state index contributed by atoms with van der Waals surface area (Å²) in [5, 5.41) is 5.68. The summed E-state index contributed by atoms with van der Waals surface area (Å²) in [7, 11) is 1.74. The molecule has 162 valence electrons. The number of benzene rings is 1. The van der Waals surface area contributed by atoms with Gasteiger partial charge in [-0.1, -0.05) is 26.7 Å². The van der Waals surface area contributed by atoms with Crippen LogP contribution in [0.1, 0.15) is 33.1 Å². The molecule has 3 N–H and O–H groups in total. The first-order valence-corrected chi connectivity index (χ1v) is 9.80. The van der Waals surface area contributed by atoms with E-state index in [0.717, 1.165) is 25.0 Å². The Morgan fingerprint density at radius 3 is 2.34 bits per heavy atom. The molecular weight excluding hydrogens is 387 g/mol. The Labute approximate surface area is 168 Å². The lowest BCUT2D eigenvalue weighted by Gasteiger charge is -2.34. The Hall–Kier alpha value is -2.29. The lowest BCUT2D eigenvalue weighted by Crippen LogP contribution is -3.11. The fraction of sp³-hybridized carbons (Fsp3) is 0.600. The van der Waals surface area contributed by atoms with Gasteiger partial charge in [-0.25, -0.2) is 0 Å². The van der Waals surface area contributed by atoms with Crippen molar-refractivity contribution in [2.75, 3.05) is 25.5 Å². The number of likely N-dealkylation sites (N-methyl/N-ethyl adjacent to an activating group) is 1. The molecule has 1 aromatic carbocycles. The molecule has 0 radical (unpaired) electrons. The van der Waals surface area contributed by atoms with E-state index in [4.69, 9.17) is 0 Å². The summed E-state index contributed by atoms with van der Waals surface area (Å²) in [5.74, 6) is 0.231. The van der Waals surface area contributed by atoms with E-state index in [1.807, 2.05) is 0 Å². The summed E-state index contributed by atoms with van der Waals surface area (Å²) in [5.41, 5.74) is 0.354. The molecule has 9 heteroatoms.